The Balaban J connectivity index is 2.88. The van der Waals surface area contributed by atoms with Crippen molar-refractivity contribution in [3.8, 4) is 0 Å². The van der Waals surface area contributed by atoms with Crippen LogP contribution in [0.3, 0.4) is 0 Å². The quantitative estimate of drug-likeness (QED) is 0.663. The molecule has 0 radical (unpaired) electrons. The fourth-order valence-electron chi connectivity index (χ4n) is 1.28. The summed E-state index contributed by atoms with van der Waals surface area (Å²) in [6.45, 7) is 4.35. The lowest BCUT2D eigenvalue weighted by atomic mass is 10.0. The summed E-state index contributed by atoms with van der Waals surface area (Å²) in [6.07, 6.45) is 8.15. The number of rotatable bonds is 3. The first-order valence-electron chi connectivity index (χ1n) is 4.48. The maximum Gasteiger partial charge on any atom is 0.0273 e. The minimum absolute atomic E-state index is 1.10. The first-order chi connectivity index (χ1) is 5.88. The number of nitrogens with zero attached hydrogens (tertiary/aromatic N) is 1. The summed E-state index contributed by atoms with van der Waals surface area (Å²) in [5.41, 5.74) is 2.72. The predicted octanol–water partition coefficient (Wildman–Crippen LogP) is 3.29. The second kappa shape index (κ2) is 4.70. The van der Waals surface area contributed by atoms with Crippen LogP contribution in [0, 0.1) is 0 Å². The molecule has 1 aromatic heterocycles. The Morgan fingerprint density at radius 2 is 2.00 bits per heavy atom. The number of hydrogen-bond acceptors (Lipinski definition) is 1. The van der Waals surface area contributed by atoms with E-state index in [9.17, 15) is 0 Å². The third-order valence-corrected chi connectivity index (χ3v) is 1.88. The van der Waals surface area contributed by atoms with Crippen molar-refractivity contribution in [3.63, 3.8) is 0 Å². The Bertz CT molecular complexity index is 249. The molecule has 0 aliphatic rings. The number of hydrogen-bond donors (Lipinski definition) is 0. The molecule has 0 atom stereocenters. The van der Waals surface area contributed by atoms with Crippen LogP contribution in [0.15, 0.2) is 30.6 Å². The summed E-state index contributed by atoms with van der Waals surface area (Å²) in [7, 11) is 0. The van der Waals surface area contributed by atoms with Crippen LogP contribution < -0.4 is 0 Å². The summed E-state index contributed by atoms with van der Waals surface area (Å²) in [5.74, 6) is 0. The summed E-state index contributed by atoms with van der Waals surface area (Å²) in [5, 5.41) is 0. The van der Waals surface area contributed by atoms with Crippen LogP contribution in [0.1, 0.15) is 32.3 Å². The highest BCUT2D eigenvalue weighted by molar-refractivity contribution is 5.64. The van der Waals surface area contributed by atoms with Crippen LogP contribution in [0.5, 0.6) is 0 Å². The van der Waals surface area contributed by atoms with E-state index in [1.807, 2.05) is 12.4 Å². The fraction of sp³-hybridized carbons (Fsp3) is 0.364. The molecular weight excluding hydrogens is 146 g/mol. The normalized spacial score (nSPS) is 11.7. The zero-order valence-electron chi connectivity index (χ0n) is 7.75. The van der Waals surface area contributed by atoms with E-state index < -0.39 is 0 Å². The Kier molecular flexibility index (Phi) is 3.52. The van der Waals surface area contributed by atoms with Gasteiger partial charge in [-0.25, -0.2) is 0 Å². The van der Waals surface area contributed by atoms with Crippen LogP contribution in [-0.2, 0) is 0 Å². The number of aromatic nitrogens is 1. The van der Waals surface area contributed by atoms with E-state index >= 15 is 0 Å². The SMILES string of the molecule is CC/C=C(\CC)c1ccncc1. The highest BCUT2D eigenvalue weighted by Gasteiger charge is 1.95. The standard InChI is InChI=1S/C11H15N/c1-3-5-10(4-2)11-6-8-12-9-7-11/h5-9H,3-4H2,1-2H3/b10-5+. The lowest BCUT2D eigenvalue weighted by molar-refractivity contribution is 1.16. The molecule has 0 saturated heterocycles. The second-order valence-corrected chi connectivity index (χ2v) is 2.73. The van der Waals surface area contributed by atoms with E-state index in [2.05, 4.69) is 37.0 Å². The molecular formula is C11H15N. The van der Waals surface area contributed by atoms with Gasteiger partial charge >= 0.3 is 0 Å². The van der Waals surface area contributed by atoms with Crippen LogP contribution in [0.4, 0.5) is 0 Å². The van der Waals surface area contributed by atoms with Gasteiger partial charge in [0.2, 0.25) is 0 Å². The molecule has 0 fully saturated rings. The molecule has 1 aromatic rings. The maximum absolute atomic E-state index is 3.99. The topological polar surface area (TPSA) is 12.9 Å². The predicted molar refractivity (Wildman–Crippen MR) is 52.8 cm³/mol. The van der Waals surface area contributed by atoms with Crippen LogP contribution >= 0.6 is 0 Å². The Morgan fingerprint density at radius 1 is 1.33 bits per heavy atom. The molecule has 0 amide bonds. The lowest BCUT2D eigenvalue weighted by Gasteiger charge is -2.02. The Morgan fingerprint density at radius 3 is 2.50 bits per heavy atom. The van der Waals surface area contributed by atoms with E-state index in [0.717, 1.165) is 12.8 Å². The molecule has 1 heterocycles. The molecule has 0 aromatic carbocycles. The molecule has 1 nitrogen and oxygen atoms in total. The average molecular weight is 161 g/mol. The van der Waals surface area contributed by atoms with Gasteiger partial charge in [-0.15, -0.1) is 0 Å². The molecule has 0 unspecified atom stereocenters. The summed E-state index contributed by atoms with van der Waals surface area (Å²) >= 11 is 0. The van der Waals surface area contributed by atoms with Gasteiger partial charge in [-0.3, -0.25) is 4.98 Å². The third kappa shape index (κ3) is 2.19. The van der Waals surface area contributed by atoms with Crippen molar-refractivity contribution in [1.82, 2.24) is 4.98 Å². The van der Waals surface area contributed by atoms with Gasteiger partial charge in [0.25, 0.3) is 0 Å². The van der Waals surface area contributed by atoms with E-state index in [1.54, 1.807) is 0 Å². The van der Waals surface area contributed by atoms with Crippen LogP contribution in [0.2, 0.25) is 0 Å². The van der Waals surface area contributed by atoms with Gasteiger partial charge < -0.3 is 0 Å². The summed E-state index contributed by atoms with van der Waals surface area (Å²) < 4.78 is 0. The van der Waals surface area contributed by atoms with Crippen molar-refractivity contribution in [3.05, 3.63) is 36.2 Å². The molecule has 1 rings (SSSR count). The summed E-state index contributed by atoms with van der Waals surface area (Å²) in [6, 6.07) is 4.12. The highest BCUT2D eigenvalue weighted by Crippen LogP contribution is 2.16. The average Bonchev–Trinajstić information content (AvgIpc) is 2.15. The molecule has 0 spiro atoms. The van der Waals surface area contributed by atoms with Crippen molar-refractivity contribution < 1.29 is 0 Å². The fourth-order valence-corrected chi connectivity index (χ4v) is 1.28. The Labute approximate surface area is 74.2 Å². The molecule has 0 bridgehead atoms. The minimum atomic E-state index is 1.10. The van der Waals surface area contributed by atoms with Gasteiger partial charge in [0.05, 0.1) is 0 Å². The van der Waals surface area contributed by atoms with Crippen molar-refractivity contribution in [2.45, 2.75) is 26.7 Å². The zero-order valence-corrected chi connectivity index (χ0v) is 7.75. The second-order valence-electron chi connectivity index (χ2n) is 2.73. The number of pyridine rings is 1. The van der Waals surface area contributed by atoms with Crippen molar-refractivity contribution in [2.24, 2.45) is 0 Å². The van der Waals surface area contributed by atoms with E-state index in [-0.39, 0.29) is 0 Å². The molecule has 12 heavy (non-hydrogen) atoms. The van der Waals surface area contributed by atoms with Gasteiger partial charge in [0.15, 0.2) is 0 Å². The molecule has 0 saturated carbocycles. The first-order valence-corrected chi connectivity index (χ1v) is 4.48. The molecule has 0 N–H and O–H groups in total. The van der Waals surface area contributed by atoms with Crippen molar-refractivity contribution >= 4 is 5.57 Å². The third-order valence-electron chi connectivity index (χ3n) is 1.88. The van der Waals surface area contributed by atoms with Gasteiger partial charge in [0.1, 0.15) is 0 Å². The van der Waals surface area contributed by atoms with E-state index in [0.29, 0.717) is 0 Å². The largest absolute Gasteiger partial charge is 0.265 e. The molecule has 0 aliphatic heterocycles. The van der Waals surface area contributed by atoms with Crippen LogP contribution in [-0.4, -0.2) is 4.98 Å². The maximum atomic E-state index is 3.99. The van der Waals surface area contributed by atoms with Crippen LogP contribution in [0.25, 0.3) is 5.57 Å². The van der Waals surface area contributed by atoms with Crippen molar-refractivity contribution in [1.29, 1.82) is 0 Å². The number of allylic oxidation sites excluding steroid dienone is 2. The summed E-state index contributed by atoms with van der Waals surface area (Å²) in [4.78, 5) is 3.99. The van der Waals surface area contributed by atoms with Gasteiger partial charge in [-0.2, -0.15) is 0 Å². The van der Waals surface area contributed by atoms with Gasteiger partial charge in [-0.05, 0) is 36.1 Å². The van der Waals surface area contributed by atoms with Gasteiger partial charge in [0, 0.05) is 12.4 Å². The first kappa shape index (κ1) is 8.98. The lowest BCUT2D eigenvalue weighted by Crippen LogP contribution is -1.82. The Hall–Kier alpha value is -1.11. The smallest absolute Gasteiger partial charge is 0.0273 e. The van der Waals surface area contributed by atoms with E-state index in [1.165, 1.54) is 11.1 Å². The van der Waals surface area contributed by atoms with E-state index in [4.69, 9.17) is 0 Å². The highest BCUT2D eigenvalue weighted by atomic mass is 14.6. The monoisotopic (exact) mass is 161 g/mol. The molecule has 0 aliphatic carbocycles. The van der Waals surface area contributed by atoms with Crippen molar-refractivity contribution in [2.75, 3.05) is 0 Å². The minimum Gasteiger partial charge on any atom is -0.265 e. The molecule has 1 heteroatoms. The zero-order chi connectivity index (χ0) is 8.81. The molecule has 64 valence electrons. The van der Waals surface area contributed by atoms with Gasteiger partial charge in [-0.1, -0.05) is 19.9 Å².